The van der Waals surface area contributed by atoms with Crippen molar-refractivity contribution in [2.24, 2.45) is 0 Å². The molecule has 2 aliphatic heterocycles. The van der Waals surface area contributed by atoms with Crippen molar-refractivity contribution in [3.63, 3.8) is 0 Å². The number of benzene rings is 1. The van der Waals surface area contributed by atoms with Gasteiger partial charge in [0.25, 0.3) is 5.91 Å². The van der Waals surface area contributed by atoms with Gasteiger partial charge in [-0.3, -0.25) is 4.79 Å². The maximum absolute atomic E-state index is 13.0. The number of ether oxygens (including phenoxy) is 1. The molecule has 1 amide bonds. The van der Waals surface area contributed by atoms with Crippen molar-refractivity contribution in [1.29, 1.82) is 0 Å². The second kappa shape index (κ2) is 9.24. The third kappa shape index (κ3) is 4.66. The zero-order valence-electron chi connectivity index (χ0n) is 18.4. The Labute approximate surface area is 193 Å². The van der Waals surface area contributed by atoms with Crippen LogP contribution < -0.4 is 4.72 Å². The standard InChI is InChI=1S/C24H28N4O4S/c29-24(18-5-7-20(8-6-18)33(30,31)27-15-19-3-2-14-32-19)28-12-9-17(10-13-28)22-16-26-23-21(22)4-1-11-25-23/h1,4-8,11,16-17,19,27H,2-3,9-10,12-15H2,(H,25,26). The maximum Gasteiger partial charge on any atom is 0.253 e. The molecule has 2 N–H and O–H groups in total. The number of rotatable bonds is 6. The highest BCUT2D eigenvalue weighted by molar-refractivity contribution is 7.89. The molecule has 1 aromatic carbocycles. The van der Waals surface area contributed by atoms with Crippen molar-refractivity contribution in [3.8, 4) is 0 Å². The Hall–Kier alpha value is -2.75. The first-order chi connectivity index (χ1) is 16.0. The Balaban J connectivity index is 1.19. The van der Waals surface area contributed by atoms with E-state index in [1.54, 1.807) is 18.3 Å². The molecular formula is C24H28N4O4S. The highest BCUT2D eigenvalue weighted by atomic mass is 32.2. The number of piperidine rings is 1. The molecule has 0 bridgehead atoms. The van der Waals surface area contributed by atoms with Crippen LogP contribution in [0.25, 0.3) is 11.0 Å². The number of pyridine rings is 1. The number of carbonyl (C=O) groups excluding carboxylic acids is 1. The van der Waals surface area contributed by atoms with Crippen LogP contribution in [0.1, 0.15) is 47.5 Å². The first kappa shape index (κ1) is 22.1. The van der Waals surface area contributed by atoms with E-state index in [0.29, 0.717) is 31.2 Å². The molecule has 4 heterocycles. The summed E-state index contributed by atoms with van der Waals surface area (Å²) in [5.74, 6) is 0.319. The van der Waals surface area contributed by atoms with Gasteiger partial charge in [-0.25, -0.2) is 18.1 Å². The summed E-state index contributed by atoms with van der Waals surface area (Å²) in [6.45, 7) is 2.28. The number of carbonyl (C=O) groups is 1. The van der Waals surface area contributed by atoms with Crippen molar-refractivity contribution in [1.82, 2.24) is 19.6 Å². The zero-order chi connectivity index (χ0) is 22.8. The number of hydrogen-bond acceptors (Lipinski definition) is 5. The largest absolute Gasteiger partial charge is 0.377 e. The van der Waals surface area contributed by atoms with Gasteiger partial charge in [0.2, 0.25) is 10.0 Å². The number of hydrogen-bond donors (Lipinski definition) is 2. The molecule has 2 aliphatic rings. The van der Waals surface area contributed by atoms with Crippen LogP contribution in [-0.4, -0.2) is 61.5 Å². The number of likely N-dealkylation sites (tertiary alicyclic amines) is 1. The normalized spacial score (nSPS) is 19.9. The van der Waals surface area contributed by atoms with Gasteiger partial charge in [-0.15, -0.1) is 0 Å². The van der Waals surface area contributed by atoms with Gasteiger partial charge >= 0.3 is 0 Å². The van der Waals surface area contributed by atoms with Crippen LogP contribution in [0.5, 0.6) is 0 Å². The minimum atomic E-state index is -3.63. The summed E-state index contributed by atoms with van der Waals surface area (Å²) in [5.41, 5.74) is 2.66. The first-order valence-electron chi connectivity index (χ1n) is 11.4. The van der Waals surface area contributed by atoms with Gasteiger partial charge in [-0.2, -0.15) is 0 Å². The van der Waals surface area contributed by atoms with Crippen LogP contribution in [0.4, 0.5) is 0 Å². The molecule has 3 aromatic rings. The first-order valence-corrected chi connectivity index (χ1v) is 12.9. The number of fused-ring (bicyclic) bond motifs is 1. The van der Waals surface area contributed by atoms with Crippen LogP contribution in [0, 0.1) is 0 Å². The van der Waals surface area contributed by atoms with E-state index in [0.717, 1.165) is 36.7 Å². The third-order valence-electron chi connectivity index (χ3n) is 6.64. The number of amides is 1. The molecule has 0 radical (unpaired) electrons. The van der Waals surface area contributed by atoms with Gasteiger partial charge in [0.05, 0.1) is 11.0 Å². The van der Waals surface area contributed by atoms with Gasteiger partial charge in [0, 0.05) is 49.6 Å². The van der Waals surface area contributed by atoms with Crippen LogP contribution in [-0.2, 0) is 14.8 Å². The quantitative estimate of drug-likeness (QED) is 0.579. The van der Waals surface area contributed by atoms with Crippen molar-refractivity contribution >= 4 is 27.0 Å². The summed E-state index contributed by atoms with van der Waals surface area (Å²) >= 11 is 0. The molecule has 174 valence electrons. The predicted molar refractivity (Wildman–Crippen MR) is 125 cm³/mol. The molecule has 33 heavy (non-hydrogen) atoms. The molecule has 1 atom stereocenters. The topological polar surface area (TPSA) is 104 Å². The van der Waals surface area contributed by atoms with Gasteiger partial charge in [-0.05, 0) is 73.6 Å². The lowest BCUT2D eigenvalue weighted by Crippen LogP contribution is -2.38. The van der Waals surface area contributed by atoms with Crippen molar-refractivity contribution in [3.05, 3.63) is 59.9 Å². The molecule has 2 fully saturated rings. The third-order valence-corrected chi connectivity index (χ3v) is 8.08. The Bertz CT molecular complexity index is 1220. The molecular weight excluding hydrogens is 440 g/mol. The SMILES string of the molecule is O=C(c1ccc(S(=O)(=O)NCC2CCCO2)cc1)N1CCC(c2c[nH]c3ncccc23)CC1. The van der Waals surface area contributed by atoms with Crippen molar-refractivity contribution in [2.45, 2.75) is 42.6 Å². The number of sulfonamides is 1. The Morgan fingerprint density at radius 1 is 1.15 bits per heavy atom. The summed E-state index contributed by atoms with van der Waals surface area (Å²) < 4.78 is 33.2. The molecule has 0 saturated carbocycles. The van der Waals surface area contributed by atoms with Crippen LogP contribution in [0.3, 0.4) is 0 Å². The highest BCUT2D eigenvalue weighted by Crippen LogP contribution is 2.33. The summed E-state index contributed by atoms with van der Waals surface area (Å²) in [6.07, 6.45) is 7.33. The lowest BCUT2D eigenvalue weighted by Gasteiger charge is -2.32. The molecule has 9 heteroatoms. The minimum Gasteiger partial charge on any atom is -0.377 e. The smallest absolute Gasteiger partial charge is 0.253 e. The Kier molecular flexibility index (Phi) is 6.18. The van der Waals surface area contributed by atoms with E-state index in [2.05, 4.69) is 20.8 Å². The Morgan fingerprint density at radius 2 is 1.94 bits per heavy atom. The fourth-order valence-electron chi connectivity index (χ4n) is 4.76. The average molecular weight is 469 g/mol. The van der Waals surface area contributed by atoms with E-state index in [1.165, 1.54) is 17.7 Å². The van der Waals surface area contributed by atoms with E-state index in [4.69, 9.17) is 4.74 Å². The Morgan fingerprint density at radius 3 is 2.67 bits per heavy atom. The molecule has 8 nitrogen and oxygen atoms in total. The number of H-pyrrole nitrogens is 1. The minimum absolute atomic E-state index is 0.0645. The second-order valence-corrected chi connectivity index (χ2v) is 10.5. The van der Waals surface area contributed by atoms with E-state index >= 15 is 0 Å². The average Bonchev–Trinajstić information content (AvgIpc) is 3.53. The molecule has 5 rings (SSSR count). The zero-order valence-corrected chi connectivity index (χ0v) is 19.2. The summed E-state index contributed by atoms with van der Waals surface area (Å²) in [6, 6.07) is 10.2. The highest BCUT2D eigenvalue weighted by Gasteiger charge is 2.27. The van der Waals surface area contributed by atoms with Gasteiger partial charge in [0.15, 0.2) is 0 Å². The lowest BCUT2D eigenvalue weighted by atomic mass is 9.89. The van der Waals surface area contributed by atoms with E-state index < -0.39 is 10.0 Å². The summed E-state index contributed by atoms with van der Waals surface area (Å²) in [5, 5.41) is 1.15. The van der Waals surface area contributed by atoms with E-state index in [9.17, 15) is 13.2 Å². The van der Waals surface area contributed by atoms with Crippen molar-refractivity contribution < 1.29 is 17.9 Å². The number of nitrogens with one attached hydrogen (secondary N) is 2. The summed E-state index contributed by atoms with van der Waals surface area (Å²) in [7, 11) is -3.63. The molecule has 2 saturated heterocycles. The number of aromatic nitrogens is 2. The van der Waals surface area contributed by atoms with E-state index in [1.807, 2.05) is 17.2 Å². The van der Waals surface area contributed by atoms with Crippen LogP contribution in [0.15, 0.2) is 53.7 Å². The van der Waals surface area contributed by atoms with Crippen LogP contribution in [0.2, 0.25) is 0 Å². The fraction of sp³-hybridized carbons (Fsp3) is 0.417. The maximum atomic E-state index is 13.0. The second-order valence-electron chi connectivity index (χ2n) is 8.72. The van der Waals surface area contributed by atoms with E-state index in [-0.39, 0.29) is 23.5 Å². The molecule has 0 spiro atoms. The van der Waals surface area contributed by atoms with Crippen LogP contribution >= 0.6 is 0 Å². The van der Waals surface area contributed by atoms with Gasteiger partial charge in [0.1, 0.15) is 5.65 Å². The molecule has 2 aromatic heterocycles. The van der Waals surface area contributed by atoms with Crippen molar-refractivity contribution in [2.75, 3.05) is 26.2 Å². The monoisotopic (exact) mass is 468 g/mol. The van der Waals surface area contributed by atoms with Gasteiger partial charge in [-0.1, -0.05) is 0 Å². The number of aromatic amines is 1. The number of nitrogens with zero attached hydrogens (tertiary/aromatic N) is 2. The lowest BCUT2D eigenvalue weighted by molar-refractivity contribution is 0.0713. The van der Waals surface area contributed by atoms with Gasteiger partial charge < -0.3 is 14.6 Å². The molecule has 0 aliphatic carbocycles. The summed E-state index contributed by atoms with van der Waals surface area (Å²) in [4.78, 5) is 22.6. The predicted octanol–water partition coefficient (Wildman–Crippen LogP) is 3.04. The molecule has 1 unspecified atom stereocenters. The fourth-order valence-corrected chi connectivity index (χ4v) is 5.83.